The van der Waals surface area contributed by atoms with Gasteiger partial charge in [0.15, 0.2) is 5.78 Å². The van der Waals surface area contributed by atoms with Gasteiger partial charge in [0, 0.05) is 6.42 Å². The molecule has 0 aliphatic heterocycles. The summed E-state index contributed by atoms with van der Waals surface area (Å²) in [6.45, 7) is 0. The van der Waals surface area contributed by atoms with Crippen molar-refractivity contribution in [3.63, 3.8) is 0 Å². The van der Waals surface area contributed by atoms with Crippen LogP contribution in [0.1, 0.15) is 37.7 Å². The van der Waals surface area contributed by atoms with E-state index in [1.54, 1.807) is 12.1 Å². The van der Waals surface area contributed by atoms with Gasteiger partial charge in [0.1, 0.15) is 5.82 Å². The molecular formula is C15H16ClFO. The first-order valence-corrected chi connectivity index (χ1v) is 6.69. The van der Waals surface area contributed by atoms with Crippen molar-refractivity contribution < 1.29 is 9.18 Å². The Kier molecular flexibility index (Phi) is 4.54. The predicted molar refractivity (Wildman–Crippen MR) is 71.3 cm³/mol. The van der Waals surface area contributed by atoms with Gasteiger partial charge in [-0.05, 0) is 49.5 Å². The fraction of sp³-hybridized carbons (Fsp3) is 0.400. The molecule has 0 N–H and O–H groups in total. The highest BCUT2D eigenvalue weighted by Crippen LogP contribution is 2.23. The second kappa shape index (κ2) is 6.14. The van der Waals surface area contributed by atoms with Gasteiger partial charge in [0.25, 0.3) is 0 Å². The minimum atomic E-state index is -0.446. The predicted octanol–water partition coefficient (Wildman–Crippen LogP) is 4.48. The third-order valence-corrected chi connectivity index (χ3v) is 3.51. The molecule has 0 aromatic heterocycles. The molecule has 0 bridgehead atoms. The molecule has 1 aliphatic carbocycles. The van der Waals surface area contributed by atoms with Crippen molar-refractivity contribution >= 4 is 17.4 Å². The largest absolute Gasteiger partial charge is 0.294 e. The summed E-state index contributed by atoms with van der Waals surface area (Å²) < 4.78 is 13.0. The molecule has 1 fully saturated rings. The van der Waals surface area contributed by atoms with Gasteiger partial charge in [-0.25, -0.2) is 4.39 Å². The van der Waals surface area contributed by atoms with Crippen LogP contribution in [0.4, 0.5) is 4.39 Å². The van der Waals surface area contributed by atoms with Gasteiger partial charge in [-0.15, -0.1) is 0 Å². The van der Waals surface area contributed by atoms with Crippen LogP contribution in [0.25, 0.3) is 0 Å². The molecule has 1 nitrogen and oxygen atoms in total. The Labute approximate surface area is 112 Å². The second-order valence-electron chi connectivity index (χ2n) is 4.75. The number of carbonyl (C=O) groups excluding carboxylic acids is 1. The van der Waals surface area contributed by atoms with E-state index < -0.39 is 5.82 Å². The van der Waals surface area contributed by atoms with Crippen molar-refractivity contribution in [1.82, 2.24) is 0 Å². The number of carbonyl (C=O) groups is 1. The van der Waals surface area contributed by atoms with Crippen LogP contribution in [0.5, 0.6) is 0 Å². The van der Waals surface area contributed by atoms with Gasteiger partial charge >= 0.3 is 0 Å². The molecule has 18 heavy (non-hydrogen) atoms. The van der Waals surface area contributed by atoms with Crippen molar-refractivity contribution in [1.29, 1.82) is 0 Å². The van der Waals surface area contributed by atoms with Crippen LogP contribution in [-0.4, -0.2) is 5.78 Å². The topological polar surface area (TPSA) is 17.1 Å². The van der Waals surface area contributed by atoms with E-state index >= 15 is 0 Å². The standard InChI is InChI=1S/C15H16ClFO/c16-14-10-12(6-7-15(14)17)9-13(18)8-11-4-2-1-3-5-11/h6-8,10H,1-5,9H2. The highest BCUT2D eigenvalue weighted by atomic mass is 35.5. The third-order valence-electron chi connectivity index (χ3n) is 3.22. The number of benzene rings is 1. The molecule has 0 radical (unpaired) electrons. The maximum Gasteiger partial charge on any atom is 0.160 e. The van der Waals surface area contributed by atoms with Crippen molar-refractivity contribution in [3.05, 3.63) is 46.3 Å². The SMILES string of the molecule is O=C(C=C1CCCCC1)Cc1ccc(F)c(Cl)c1. The van der Waals surface area contributed by atoms with Crippen LogP contribution < -0.4 is 0 Å². The lowest BCUT2D eigenvalue weighted by atomic mass is 9.93. The lowest BCUT2D eigenvalue weighted by Crippen LogP contribution is -2.03. The van der Waals surface area contributed by atoms with Gasteiger partial charge < -0.3 is 0 Å². The zero-order chi connectivity index (χ0) is 13.0. The number of rotatable bonds is 3. The number of hydrogen-bond donors (Lipinski definition) is 0. The summed E-state index contributed by atoms with van der Waals surface area (Å²) in [6, 6.07) is 4.44. The molecule has 0 atom stereocenters. The summed E-state index contributed by atoms with van der Waals surface area (Å²) in [5, 5.41) is 0.0746. The highest BCUT2D eigenvalue weighted by molar-refractivity contribution is 6.30. The van der Waals surface area contributed by atoms with E-state index in [-0.39, 0.29) is 10.8 Å². The molecule has 1 aliphatic rings. The third kappa shape index (κ3) is 3.67. The fourth-order valence-electron chi connectivity index (χ4n) is 2.28. The smallest absolute Gasteiger partial charge is 0.160 e. The van der Waals surface area contributed by atoms with E-state index in [1.807, 2.05) is 0 Å². The number of halogens is 2. The Morgan fingerprint density at radius 3 is 2.67 bits per heavy atom. The average Bonchev–Trinajstić information content (AvgIpc) is 2.35. The molecule has 0 heterocycles. The molecule has 2 rings (SSSR count). The summed E-state index contributed by atoms with van der Waals surface area (Å²) in [5.74, 6) is -0.368. The van der Waals surface area contributed by atoms with Gasteiger partial charge in [-0.1, -0.05) is 29.7 Å². The zero-order valence-corrected chi connectivity index (χ0v) is 11.0. The second-order valence-corrected chi connectivity index (χ2v) is 5.16. The molecule has 1 saturated carbocycles. The van der Waals surface area contributed by atoms with E-state index in [4.69, 9.17) is 11.6 Å². The average molecular weight is 267 g/mol. The zero-order valence-electron chi connectivity index (χ0n) is 10.2. The Balaban J connectivity index is 2.00. The van der Waals surface area contributed by atoms with Crippen LogP contribution in [0, 0.1) is 5.82 Å². The number of allylic oxidation sites excluding steroid dienone is 2. The lowest BCUT2D eigenvalue weighted by molar-refractivity contribution is -0.114. The minimum Gasteiger partial charge on any atom is -0.294 e. The Morgan fingerprint density at radius 1 is 1.28 bits per heavy atom. The molecule has 96 valence electrons. The summed E-state index contributed by atoms with van der Waals surface area (Å²) in [6.07, 6.45) is 7.76. The van der Waals surface area contributed by atoms with E-state index in [1.165, 1.54) is 37.0 Å². The minimum absolute atomic E-state index is 0.0746. The molecule has 3 heteroatoms. The summed E-state index contributed by atoms with van der Waals surface area (Å²) >= 11 is 5.69. The molecule has 0 saturated heterocycles. The molecular weight excluding hydrogens is 251 g/mol. The monoisotopic (exact) mass is 266 g/mol. The van der Waals surface area contributed by atoms with E-state index in [0.29, 0.717) is 6.42 Å². The Hall–Kier alpha value is -1.15. The molecule has 0 spiro atoms. The van der Waals surface area contributed by atoms with Crippen LogP contribution in [0.2, 0.25) is 5.02 Å². The number of ketones is 1. The van der Waals surface area contributed by atoms with Crippen LogP contribution in [0.3, 0.4) is 0 Å². The first kappa shape index (κ1) is 13.3. The Bertz CT molecular complexity index is 471. The van der Waals surface area contributed by atoms with E-state index in [2.05, 4.69) is 0 Å². The van der Waals surface area contributed by atoms with Crippen molar-refractivity contribution in [2.75, 3.05) is 0 Å². The summed E-state index contributed by atoms with van der Waals surface area (Å²) in [4.78, 5) is 11.9. The normalized spacial score (nSPS) is 15.6. The molecule has 1 aromatic carbocycles. The summed E-state index contributed by atoms with van der Waals surface area (Å²) in [5.41, 5.74) is 2.01. The van der Waals surface area contributed by atoms with Crippen LogP contribution in [0.15, 0.2) is 29.8 Å². The highest BCUT2D eigenvalue weighted by Gasteiger charge is 2.09. The van der Waals surface area contributed by atoms with E-state index in [9.17, 15) is 9.18 Å². The van der Waals surface area contributed by atoms with Gasteiger partial charge in [0.2, 0.25) is 0 Å². The fourth-order valence-corrected chi connectivity index (χ4v) is 2.48. The molecule has 0 amide bonds. The van der Waals surface area contributed by atoms with Crippen LogP contribution in [-0.2, 0) is 11.2 Å². The summed E-state index contributed by atoms with van der Waals surface area (Å²) in [7, 11) is 0. The van der Waals surface area contributed by atoms with Gasteiger partial charge in [0.05, 0.1) is 5.02 Å². The molecule has 1 aromatic rings. The van der Waals surface area contributed by atoms with Gasteiger partial charge in [-0.3, -0.25) is 4.79 Å². The quantitative estimate of drug-likeness (QED) is 0.737. The first-order chi connectivity index (χ1) is 8.65. The van der Waals surface area contributed by atoms with Crippen LogP contribution >= 0.6 is 11.6 Å². The Morgan fingerprint density at radius 2 is 2.00 bits per heavy atom. The van der Waals surface area contributed by atoms with E-state index in [0.717, 1.165) is 18.4 Å². The molecule has 0 unspecified atom stereocenters. The van der Waals surface area contributed by atoms with Crippen molar-refractivity contribution in [3.8, 4) is 0 Å². The van der Waals surface area contributed by atoms with Crippen molar-refractivity contribution in [2.45, 2.75) is 38.5 Å². The maximum atomic E-state index is 13.0. The lowest BCUT2D eigenvalue weighted by Gasteiger charge is -2.12. The maximum absolute atomic E-state index is 13.0. The van der Waals surface area contributed by atoms with Gasteiger partial charge in [-0.2, -0.15) is 0 Å². The number of hydrogen-bond acceptors (Lipinski definition) is 1. The van der Waals surface area contributed by atoms with Crippen molar-refractivity contribution in [2.24, 2.45) is 0 Å². The first-order valence-electron chi connectivity index (χ1n) is 6.31.